The molecule has 0 spiro atoms. The summed E-state index contributed by atoms with van der Waals surface area (Å²) in [6.45, 7) is 5.75. The number of aryl methyl sites for hydroxylation is 4. The van der Waals surface area contributed by atoms with Crippen molar-refractivity contribution >= 4 is 35.6 Å². The molecule has 1 aromatic heterocycles. The second kappa shape index (κ2) is 8.02. The summed E-state index contributed by atoms with van der Waals surface area (Å²) in [5, 5.41) is 1.12. The molecule has 0 saturated carbocycles. The van der Waals surface area contributed by atoms with E-state index in [2.05, 4.69) is 0 Å². The van der Waals surface area contributed by atoms with Crippen molar-refractivity contribution in [2.45, 2.75) is 20.8 Å². The molecule has 0 aliphatic carbocycles. The first-order valence-electron chi connectivity index (χ1n) is 9.95. The Labute approximate surface area is 185 Å². The summed E-state index contributed by atoms with van der Waals surface area (Å²) >= 11 is 0. The number of phosphoric acid groups is 1. The molecule has 0 saturated heterocycles. The quantitative estimate of drug-likeness (QED) is 0.156. The van der Waals surface area contributed by atoms with Gasteiger partial charge in [-0.3, -0.25) is 9.79 Å². The maximum absolute atomic E-state index is 13.5. The number of ether oxygens (including phenoxy) is 1. The SMILES string of the molecule is Cc1cc(C)c(OC(=O)c2c3ccccc3[n+](C)c3ccc(OP(=O)(O)O)cc23)c(C)c1. The molecule has 0 aliphatic rings. The van der Waals surface area contributed by atoms with E-state index in [9.17, 15) is 19.1 Å². The van der Waals surface area contributed by atoms with Gasteiger partial charge in [-0.05, 0) is 50.1 Å². The van der Waals surface area contributed by atoms with E-state index in [0.29, 0.717) is 27.6 Å². The average molecular weight is 452 g/mol. The van der Waals surface area contributed by atoms with Gasteiger partial charge in [0.1, 0.15) is 18.5 Å². The zero-order valence-corrected chi connectivity index (χ0v) is 19.0. The van der Waals surface area contributed by atoms with Crippen LogP contribution in [0.25, 0.3) is 21.8 Å². The van der Waals surface area contributed by atoms with Crippen molar-refractivity contribution < 1.29 is 33.0 Å². The van der Waals surface area contributed by atoms with Crippen molar-refractivity contribution in [2.24, 2.45) is 7.05 Å². The number of aromatic nitrogens is 1. The first kappa shape index (κ1) is 22.0. The van der Waals surface area contributed by atoms with Crippen molar-refractivity contribution in [3.8, 4) is 11.5 Å². The van der Waals surface area contributed by atoms with Crippen molar-refractivity contribution in [2.75, 3.05) is 0 Å². The van der Waals surface area contributed by atoms with Crippen molar-refractivity contribution in [3.63, 3.8) is 0 Å². The number of fused-ring (bicyclic) bond motifs is 2. The summed E-state index contributed by atoms with van der Waals surface area (Å²) in [6, 6.07) is 15.9. The highest BCUT2D eigenvalue weighted by molar-refractivity contribution is 7.46. The second-order valence-electron chi connectivity index (χ2n) is 7.83. The number of benzene rings is 3. The highest BCUT2D eigenvalue weighted by Crippen LogP contribution is 2.39. The van der Waals surface area contributed by atoms with Crippen LogP contribution in [0, 0.1) is 20.8 Å². The summed E-state index contributed by atoms with van der Waals surface area (Å²) in [5.74, 6) is -0.110. The fourth-order valence-electron chi connectivity index (χ4n) is 4.15. The number of hydrogen-bond donors (Lipinski definition) is 2. The number of phosphoric ester groups is 1. The number of pyridine rings is 1. The number of carbonyl (C=O) groups is 1. The van der Waals surface area contributed by atoms with E-state index in [1.165, 1.54) is 12.1 Å². The van der Waals surface area contributed by atoms with Crippen LogP contribution in [0.5, 0.6) is 11.5 Å². The Bertz CT molecular complexity index is 1420. The number of rotatable bonds is 4. The molecule has 0 fully saturated rings. The Balaban J connectivity index is 1.96. The molecule has 0 radical (unpaired) electrons. The lowest BCUT2D eigenvalue weighted by Crippen LogP contribution is -2.31. The minimum absolute atomic E-state index is 0.0436. The Kier molecular flexibility index (Phi) is 5.51. The number of esters is 1. The van der Waals surface area contributed by atoms with E-state index >= 15 is 0 Å². The molecule has 0 aliphatic heterocycles. The third kappa shape index (κ3) is 4.10. The summed E-state index contributed by atoms with van der Waals surface area (Å²) in [4.78, 5) is 32.0. The molecular weight excluding hydrogens is 429 g/mol. The van der Waals surface area contributed by atoms with Gasteiger partial charge in [0.2, 0.25) is 11.0 Å². The smallest absolute Gasteiger partial charge is 0.422 e. The van der Waals surface area contributed by atoms with Gasteiger partial charge in [-0.15, -0.1) is 0 Å². The molecule has 4 rings (SSSR count). The molecule has 0 amide bonds. The third-order valence-corrected chi connectivity index (χ3v) is 5.81. The molecular formula is C24H23NO6P+. The largest absolute Gasteiger partial charge is 0.524 e. The van der Waals surface area contributed by atoms with Gasteiger partial charge in [0.05, 0.1) is 16.3 Å². The fraction of sp³-hybridized carbons (Fsp3) is 0.167. The van der Waals surface area contributed by atoms with E-state index in [1.807, 2.05) is 68.8 Å². The van der Waals surface area contributed by atoms with Gasteiger partial charge in [0.25, 0.3) is 0 Å². The highest BCUT2D eigenvalue weighted by atomic mass is 31.2. The van der Waals surface area contributed by atoms with Crippen LogP contribution in [-0.2, 0) is 11.6 Å². The highest BCUT2D eigenvalue weighted by Gasteiger charge is 2.26. The monoisotopic (exact) mass is 452 g/mol. The molecule has 0 unspecified atom stereocenters. The van der Waals surface area contributed by atoms with Crippen molar-refractivity contribution in [1.29, 1.82) is 0 Å². The van der Waals surface area contributed by atoms with E-state index < -0.39 is 13.8 Å². The van der Waals surface area contributed by atoms with Gasteiger partial charge in [0.15, 0.2) is 0 Å². The van der Waals surface area contributed by atoms with Crippen LogP contribution in [0.2, 0.25) is 0 Å². The number of hydrogen-bond acceptors (Lipinski definition) is 4. The van der Waals surface area contributed by atoms with Gasteiger partial charge >= 0.3 is 13.8 Å². The first-order valence-corrected chi connectivity index (χ1v) is 11.5. The van der Waals surface area contributed by atoms with Crippen LogP contribution in [0.4, 0.5) is 0 Å². The maximum Gasteiger partial charge on any atom is 0.524 e. The fourth-order valence-corrected chi connectivity index (χ4v) is 4.53. The molecule has 164 valence electrons. The molecule has 32 heavy (non-hydrogen) atoms. The minimum atomic E-state index is -4.76. The first-order chi connectivity index (χ1) is 15.0. The zero-order chi connectivity index (χ0) is 23.2. The summed E-state index contributed by atoms with van der Waals surface area (Å²) in [5.41, 5.74) is 4.55. The second-order valence-corrected chi connectivity index (χ2v) is 8.99. The Hall–Kier alpha value is -3.25. The van der Waals surface area contributed by atoms with Gasteiger partial charge in [-0.2, -0.15) is 4.57 Å². The number of nitrogens with zero attached hydrogens (tertiary/aromatic N) is 1. The average Bonchev–Trinajstić information content (AvgIpc) is 2.69. The van der Waals surface area contributed by atoms with Gasteiger partial charge < -0.3 is 9.26 Å². The molecule has 0 bridgehead atoms. The molecule has 8 heteroatoms. The van der Waals surface area contributed by atoms with E-state index in [4.69, 9.17) is 9.26 Å². The molecule has 7 nitrogen and oxygen atoms in total. The molecule has 4 aromatic rings. The number of carbonyl (C=O) groups excluding carboxylic acids is 1. The molecule has 1 heterocycles. The Morgan fingerprint density at radius 1 is 0.906 bits per heavy atom. The van der Waals surface area contributed by atoms with Gasteiger partial charge in [0, 0.05) is 12.1 Å². The summed E-state index contributed by atoms with van der Waals surface area (Å²) in [6.07, 6.45) is 0. The number of para-hydroxylation sites is 1. The topological polar surface area (TPSA) is 96.9 Å². The van der Waals surface area contributed by atoms with Crippen molar-refractivity contribution in [3.05, 3.63) is 76.9 Å². The molecule has 0 atom stereocenters. The zero-order valence-electron chi connectivity index (χ0n) is 18.1. The van der Waals surface area contributed by atoms with E-state index in [-0.39, 0.29) is 5.75 Å². The maximum atomic E-state index is 13.5. The lowest BCUT2D eigenvalue weighted by molar-refractivity contribution is -0.617. The van der Waals surface area contributed by atoms with Gasteiger partial charge in [-0.1, -0.05) is 29.8 Å². The van der Waals surface area contributed by atoms with Crippen LogP contribution in [0.15, 0.2) is 54.6 Å². The van der Waals surface area contributed by atoms with Crippen LogP contribution >= 0.6 is 7.82 Å². The normalized spacial score (nSPS) is 11.7. The van der Waals surface area contributed by atoms with Crippen LogP contribution in [0.1, 0.15) is 27.0 Å². The predicted octanol–water partition coefficient (Wildman–Crippen LogP) is 4.43. The lowest BCUT2D eigenvalue weighted by atomic mass is 10.0. The van der Waals surface area contributed by atoms with Crippen LogP contribution < -0.4 is 13.8 Å². The standard InChI is InChI=1S/C24H22NO6P/c1-14-11-15(2)23(16(3)12-14)30-24(26)22-18-7-5-6-8-20(18)25(4)21-10-9-17(13-19(21)22)31-32(27,28)29/h5-13H,1-4H3,(H-,27,28,29)/p+1. The van der Waals surface area contributed by atoms with E-state index in [1.54, 1.807) is 6.07 Å². The molecule has 2 N–H and O–H groups in total. The van der Waals surface area contributed by atoms with E-state index in [0.717, 1.165) is 22.2 Å². The van der Waals surface area contributed by atoms with Crippen LogP contribution in [0.3, 0.4) is 0 Å². The Morgan fingerprint density at radius 2 is 1.53 bits per heavy atom. The predicted molar refractivity (Wildman–Crippen MR) is 121 cm³/mol. The summed E-state index contributed by atoms with van der Waals surface area (Å²) < 4.78 is 23.9. The molecule has 3 aromatic carbocycles. The summed E-state index contributed by atoms with van der Waals surface area (Å²) in [7, 11) is -2.90. The minimum Gasteiger partial charge on any atom is -0.422 e. The Morgan fingerprint density at radius 3 is 2.19 bits per heavy atom. The lowest BCUT2D eigenvalue weighted by Gasteiger charge is -2.14. The van der Waals surface area contributed by atoms with Crippen molar-refractivity contribution in [1.82, 2.24) is 0 Å². The third-order valence-electron chi connectivity index (χ3n) is 5.36. The van der Waals surface area contributed by atoms with Gasteiger partial charge in [-0.25, -0.2) is 9.36 Å². The van der Waals surface area contributed by atoms with Crippen LogP contribution in [-0.4, -0.2) is 15.8 Å².